The summed E-state index contributed by atoms with van der Waals surface area (Å²) in [6, 6.07) is 14.5. The third-order valence-corrected chi connectivity index (χ3v) is 2.76. The fourth-order valence-electron chi connectivity index (χ4n) is 1.65. The Morgan fingerprint density at radius 2 is 1.82 bits per heavy atom. The number of carbonyl (C=O) groups excluding carboxylic acids is 1. The third kappa shape index (κ3) is 2.86. The molecule has 0 atom stereocenters. The molecule has 0 amide bonds. The van der Waals surface area contributed by atoms with Gasteiger partial charge in [-0.25, -0.2) is 0 Å². The van der Waals surface area contributed by atoms with Crippen molar-refractivity contribution in [1.82, 2.24) is 0 Å². The van der Waals surface area contributed by atoms with E-state index in [0.717, 1.165) is 5.56 Å². The van der Waals surface area contributed by atoms with Gasteiger partial charge in [-0.2, -0.15) is 0 Å². The second-order valence-electron chi connectivity index (χ2n) is 3.82. The Hall–Kier alpha value is -1.80. The van der Waals surface area contributed by atoms with Crippen LogP contribution in [-0.2, 0) is 6.42 Å². The average Bonchev–Trinajstić information content (AvgIpc) is 2.33. The zero-order valence-corrected chi connectivity index (χ0v) is 9.95. The summed E-state index contributed by atoms with van der Waals surface area (Å²) in [7, 11) is 0. The van der Waals surface area contributed by atoms with Crippen molar-refractivity contribution in [3.8, 4) is 0 Å². The molecule has 0 saturated heterocycles. The highest BCUT2D eigenvalue weighted by Crippen LogP contribution is 2.19. The first kappa shape index (κ1) is 11.7. The number of ketones is 1. The number of halogens is 1. The molecule has 0 radical (unpaired) electrons. The Morgan fingerprint density at radius 1 is 1.12 bits per heavy atom. The quantitative estimate of drug-likeness (QED) is 0.666. The molecule has 0 aliphatic carbocycles. The Bertz CT molecular complexity index is 537. The molecular weight excluding hydrogens is 234 g/mol. The Morgan fingerprint density at radius 3 is 2.53 bits per heavy atom. The van der Waals surface area contributed by atoms with Gasteiger partial charge in [-0.15, -0.1) is 0 Å². The lowest BCUT2D eigenvalue weighted by atomic mass is 10.0. The Balaban J connectivity index is 2.23. The topological polar surface area (TPSA) is 43.1 Å². The summed E-state index contributed by atoms with van der Waals surface area (Å²) in [5.41, 5.74) is 7.69. The van der Waals surface area contributed by atoms with Crippen molar-refractivity contribution < 1.29 is 4.79 Å². The molecule has 17 heavy (non-hydrogen) atoms. The van der Waals surface area contributed by atoms with Crippen LogP contribution in [0.1, 0.15) is 15.9 Å². The molecule has 0 saturated carbocycles. The molecule has 0 aliphatic heterocycles. The number of Topliss-reactive ketones (excluding diaryl/α,β-unsaturated/α-hetero) is 1. The summed E-state index contributed by atoms with van der Waals surface area (Å²) in [5.74, 6) is -0.0174. The average molecular weight is 246 g/mol. The number of rotatable bonds is 3. The van der Waals surface area contributed by atoms with Crippen molar-refractivity contribution >= 4 is 23.1 Å². The zero-order chi connectivity index (χ0) is 12.3. The van der Waals surface area contributed by atoms with E-state index in [1.807, 2.05) is 30.3 Å². The van der Waals surface area contributed by atoms with E-state index < -0.39 is 0 Å². The van der Waals surface area contributed by atoms with Crippen LogP contribution in [0.2, 0.25) is 5.02 Å². The highest BCUT2D eigenvalue weighted by molar-refractivity contribution is 6.31. The molecule has 2 nitrogen and oxygen atoms in total. The molecule has 0 aromatic heterocycles. The zero-order valence-electron chi connectivity index (χ0n) is 9.19. The van der Waals surface area contributed by atoms with Gasteiger partial charge in [0.05, 0.1) is 0 Å². The van der Waals surface area contributed by atoms with Gasteiger partial charge in [0.15, 0.2) is 5.78 Å². The lowest BCUT2D eigenvalue weighted by Gasteiger charge is -2.05. The van der Waals surface area contributed by atoms with Gasteiger partial charge in [0.25, 0.3) is 0 Å². The van der Waals surface area contributed by atoms with Crippen LogP contribution in [-0.4, -0.2) is 5.78 Å². The van der Waals surface area contributed by atoms with Crippen LogP contribution in [0.3, 0.4) is 0 Å². The fourth-order valence-corrected chi connectivity index (χ4v) is 1.82. The van der Waals surface area contributed by atoms with Gasteiger partial charge in [0.2, 0.25) is 0 Å². The number of nitrogens with two attached hydrogens (primary N) is 1. The van der Waals surface area contributed by atoms with Gasteiger partial charge in [-0.05, 0) is 23.8 Å². The van der Waals surface area contributed by atoms with Gasteiger partial charge >= 0.3 is 0 Å². The molecule has 2 aromatic carbocycles. The first-order valence-corrected chi connectivity index (χ1v) is 5.67. The molecule has 0 fully saturated rings. The normalized spacial score (nSPS) is 10.2. The third-order valence-electron chi connectivity index (χ3n) is 2.52. The van der Waals surface area contributed by atoms with Crippen molar-refractivity contribution in [1.29, 1.82) is 0 Å². The van der Waals surface area contributed by atoms with E-state index in [-0.39, 0.29) is 5.78 Å². The van der Waals surface area contributed by atoms with Gasteiger partial charge in [0.1, 0.15) is 0 Å². The molecule has 0 heterocycles. The number of anilines is 1. The monoisotopic (exact) mass is 245 g/mol. The van der Waals surface area contributed by atoms with E-state index in [1.54, 1.807) is 18.2 Å². The van der Waals surface area contributed by atoms with Gasteiger partial charge in [-0.3, -0.25) is 4.79 Å². The maximum atomic E-state index is 12.0. The molecular formula is C14H12ClNO. The lowest BCUT2D eigenvalue weighted by molar-refractivity contribution is 0.0994. The summed E-state index contributed by atoms with van der Waals surface area (Å²) in [6.07, 6.45) is 0.339. The van der Waals surface area contributed by atoms with Crippen LogP contribution in [0.15, 0.2) is 48.5 Å². The summed E-state index contributed by atoms with van der Waals surface area (Å²) in [5, 5.41) is 0.524. The molecule has 0 unspecified atom stereocenters. The lowest BCUT2D eigenvalue weighted by Crippen LogP contribution is -2.06. The number of carbonyl (C=O) groups is 1. The minimum absolute atomic E-state index is 0.0174. The van der Waals surface area contributed by atoms with Crippen molar-refractivity contribution in [3.05, 3.63) is 64.7 Å². The predicted octanol–water partition coefficient (Wildman–Crippen LogP) is 3.35. The second kappa shape index (κ2) is 5.02. The number of nitrogen functional groups attached to an aromatic ring is 1. The van der Waals surface area contributed by atoms with E-state index in [2.05, 4.69) is 0 Å². The maximum absolute atomic E-state index is 12.0. The number of benzene rings is 2. The minimum Gasteiger partial charge on any atom is -0.398 e. The van der Waals surface area contributed by atoms with Crippen LogP contribution in [0, 0.1) is 0 Å². The minimum atomic E-state index is -0.0174. The summed E-state index contributed by atoms with van der Waals surface area (Å²) < 4.78 is 0. The second-order valence-corrected chi connectivity index (χ2v) is 4.25. The molecule has 0 spiro atoms. The Labute approximate surface area is 105 Å². The fraction of sp³-hybridized carbons (Fsp3) is 0.0714. The first-order valence-electron chi connectivity index (χ1n) is 5.29. The summed E-state index contributed by atoms with van der Waals surface area (Å²) in [6.45, 7) is 0. The van der Waals surface area contributed by atoms with Crippen LogP contribution in [0.5, 0.6) is 0 Å². The predicted molar refractivity (Wildman–Crippen MR) is 70.3 cm³/mol. The molecule has 0 bridgehead atoms. The highest BCUT2D eigenvalue weighted by atomic mass is 35.5. The van der Waals surface area contributed by atoms with Gasteiger partial charge in [-0.1, -0.05) is 41.9 Å². The molecule has 2 rings (SSSR count). The molecule has 2 N–H and O–H groups in total. The van der Waals surface area contributed by atoms with Gasteiger partial charge in [0, 0.05) is 22.7 Å². The first-order chi connectivity index (χ1) is 8.16. The summed E-state index contributed by atoms with van der Waals surface area (Å²) >= 11 is 5.86. The SMILES string of the molecule is Nc1ccc(Cl)cc1C(=O)Cc1ccccc1. The van der Waals surface area contributed by atoms with Crippen LogP contribution in [0.25, 0.3) is 0 Å². The molecule has 86 valence electrons. The maximum Gasteiger partial charge on any atom is 0.169 e. The van der Waals surface area contributed by atoms with Crippen molar-refractivity contribution in [2.45, 2.75) is 6.42 Å². The van der Waals surface area contributed by atoms with Crippen molar-refractivity contribution in [2.24, 2.45) is 0 Å². The van der Waals surface area contributed by atoms with E-state index in [9.17, 15) is 4.79 Å². The van der Waals surface area contributed by atoms with Crippen LogP contribution >= 0.6 is 11.6 Å². The molecule has 3 heteroatoms. The van der Waals surface area contributed by atoms with Gasteiger partial charge < -0.3 is 5.73 Å². The number of hydrogen-bond donors (Lipinski definition) is 1. The van der Waals surface area contributed by atoms with E-state index >= 15 is 0 Å². The number of hydrogen-bond acceptors (Lipinski definition) is 2. The molecule has 2 aromatic rings. The summed E-state index contributed by atoms with van der Waals surface area (Å²) in [4.78, 5) is 12.0. The van der Waals surface area contributed by atoms with E-state index in [0.29, 0.717) is 22.7 Å². The van der Waals surface area contributed by atoms with E-state index in [4.69, 9.17) is 17.3 Å². The Kier molecular flexibility index (Phi) is 3.45. The standard InChI is InChI=1S/C14H12ClNO/c15-11-6-7-13(16)12(9-11)14(17)8-10-4-2-1-3-5-10/h1-7,9H,8,16H2. The highest BCUT2D eigenvalue weighted by Gasteiger charge is 2.10. The van der Waals surface area contributed by atoms with Crippen molar-refractivity contribution in [2.75, 3.05) is 5.73 Å². The van der Waals surface area contributed by atoms with E-state index in [1.165, 1.54) is 0 Å². The van der Waals surface area contributed by atoms with Crippen molar-refractivity contribution in [3.63, 3.8) is 0 Å². The van der Waals surface area contributed by atoms with Crippen LogP contribution in [0.4, 0.5) is 5.69 Å². The smallest absolute Gasteiger partial charge is 0.169 e. The van der Waals surface area contributed by atoms with Crippen LogP contribution < -0.4 is 5.73 Å². The molecule has 0 aliphatic rings. The largest absolute Gasteiger partial charge is 0.398 e.